The molecule has 0 atom stereocenters. The molecule has 0 aliphatic heterocycles. The molecule has 0 bridgehead atoms. The Balaban J connectivity index is 0.951. The Kier molecular flexibility index (Phi) is 6.60. The molecule has 0 unspecified atom stereocenters. The van der Waals surface area contributed by atoms with Crippen molar-refractivity contribution in [2.24, 2.45) is 0 Å². The molecule has 0 saturated heterocycles. The average Bonchev–Trinajstić information content (AvgIpc) is 4.03. The highest BCUT2D eigenvalue weighted by Gasteiger charge is 2.18. The molecule has 0 saturated carbocycles. The molecule has 0 amide bonds. The molecule has 13 aromatic rings. The van der Waals surface area contributed by atoms with Crippen LogP contribution in [0.25, 0.3) is 119 Å². The molecular weight excluding hydrogens is 725 g/mol. The molecule has 0 fully saturated rings. The fraction of sp³-hybridized carbons (Fsp3) is 0. The molecule has 3 nitrogen and oxygen atoms in total. The lowest BCUT2D eigenvalue weighted by molar-refractivity contribution is 0.669. The van der Waals surface area contributed by atoms with Crippen molar-refractivity contribution in [2.75, 3.05) is 0 Å². The predicted molar refractivity (Wildman–Crippen MR) is 246 cm³/mol. The first-order valence-corrected chi connectivity index (χ1v) is 20.6. The summed E-state index contributed by atoms with van der Waals surface area (Å²) in [6, 6.07) is 70.9. The second-order valence-electron chi connectivity index (χ2n) is 15.3. The minimum absolute atomic E-state index is 0.913. The van der Waals surface area contributed by atoms with Crippen LogP contribution in [0.1, 0.15) is 0 Å². The van der Waals surface area contributed by atoms with Gasteiger partial charge in [-0.15, -0.1) is 11.3 Å². The van der Waals surface area contributed by atoms with Gasteiger partial charge in [0.05, 0.1) is 22.1 Å². The van der Waals surface area contributed by atoms with E-state index < -0.39 is 0 Å². The molecule has 0 aliphatic rings. The summed E-state index contributed by atoms with van der Waals surface area (Å²) >= 11 is 1.86. The van der Waals surface area contributed by atoms with Crippen molar-refractivity contribution < 1.29 is 4.42 Å². The Labute approximate surface area is 336 Å². The van der Waals surface area contributed by atoms with E-state index in [9.17, 15) is 0 Å². The topological polar surface area (TPSA) is 23.0 Å². The summed E-state index contributed by atoms with van der Waals surface area (Å²) in [5, 5.41) is 9.89. The number of thiophene rings is 1. The van der Waals surface area contributed by atoms with Crippen LogP contribution in [-0.4, -0.2) is 9.13 Å². The summed E-state index contributed by atoms with van der Waals surface area (Å²) in [4.78, 5) is 0. The number of benzene rings is 9. The second kappa shape index (κ2) is 12.1. The first-order chi connectivity index (χ1) is 28.7. The summed E-state index contributed by atoms with van der Waals surface area (Å²) in [5.74, 6) is 0. The van der Waals surface area contributed by atoms with Crippen LogP contribution in [0.4, 0.5) is 0 Å². The Bertz CT molecular complexity index is 3570. The van der Waals surface area contributed by atoms with E-state index in [2.05, 4.69) is 191 Å². The Morgan fingerprint density at radius 3 is 1.43 bits per heavy atom. The van der Waals surface area contributed by atoms with Crippen molar-refractivity contribution >= 4 is 97.1 Å². The molecule has 58 heavy (non-hydrogen) atoms. The zero-order chi connectivity index (χ0) is 37.9. The van der Waals surface area contributed by atoms with Gasteiger partial charge in [-0.25, -0.2) is 0 Å². The normalized spacial score (nSPS) is 12.1. The zero-order valence-electron chi connectivity index (χ0n) is 31.2. The highest BCUT2D eigenvalue weighted by molar-refractivity contribution is 7.25. The minimum atomic E-state index is 0.913. The molecule has 0 N–H and O–H groups in total. The van der Waals surface area contributed by atoms with Gasteiger partial charge < -0.3 is 13.6 Å². The van der Waals surface area contributed by atoms with Crippen LogP contribution in [0.3, 0.4) is 0 Å². The van der Waals surface area contributed by atoms with Crippen molar-refractivity contribution in [1.82, 2.24) is 9.13 Å². The first kappa shape index (κ1) is 31.8. The number of hydrogen-bond donors (Lipinski definition) is 0. The molecule has 0 spiro atoms. The predicted octanol–water partition coefficient (Wildman–Crippen LogP) is 15.5. The van der Waals surface area contributed by atoms with Crippen LogP contribution >= 0.6 is 11.3 Å². The summed E-state index contributed by atoms with van der Waals surface area (Å²) in [5.41, 5.74) is 13.7. The molecule has 9 aromatic carbocycles. The number of nitrogens with zero attached hydrogens (tertiary/aromatic N) is 2. The standard InChI is InChI=1S/C54H32N2OS/c1-5-16-47-39(12-1)43-28-33(35-22-26-52-45(30-35)41-14-3-7-18-51(41)57-52)20-24-49(43)55(47)37-10-9-11-38(32-37)56-48-17-6-2-13-40(48)44-29-34(21-25-50(44)56)36-23-27-54-46(31-36)42-15-4-8-19-53(42)58-54/h1-32H. The van der Waals surface area contributed by atoms with E-state index in [0.29, 0.717) is 0 Å². The van der Waals surface area contributed by atoms with Gasteiger partial charge in [-0.2, -0.15) is 0 Å². The van der Waals surface area contributed by atoms with Gasteiger partial charge in [0.25, 0.3) is 0 Å². The molecule has 4 aromatic heterocycles. The molecule has 13 rings (SSSR count). The van der Waals surface area contributed by atoms with Gasteiger partial charge in [-0.1, -0.05) is 103 Å². The van der Waals surface area contributed by atoms with Gasteiger partial charge in [-0.3, -0.25) is 0 Å². The Hall–Kier alpha value is -7.40. The zero-order valence-corrected chi connectivity index (χ0v) is 32.0. The maximum Gasteiger partial charge on any atom is 0.135 e. The average molecular weight is 757 g/mol. The highest BCUT2D eigenvalue weighted by atomic mass is 32.1. The van der Waals surface area contributed by atoms with Crippen LogP contribution in [0.2, 0.25) is 0 Å². The molecule has 4 heteroatoms. The van der Waals surface area contributed by atoms with Crippen molar-refractivity contribution in [3.05, 3.63) is 194 Å². The third-order valence-corrected chi connectivity index (χ3v) is 13.3. The maximum absolute atomic E-state index is 6.15. The van der Waals surface area contributed by atoms with Gasteiger partial charge in [0, 0.05) is 63.9 Å². The monoisotopic (exact) mass is 756 g/mol. The van der Waals surface area contributed by atoms with E-state index >= 15 is 0 Å². The summed E-state index contributed by atoms with van der Waals surface area (Å²) < 4.78 is 13.6. The maximum atomic E-state index is 6.15. The van der Waals surface area contributed by atoms with E-state index in [1.54, 1.807) is 0 Å². The van der Waals surface area contributed by atoms with Gasteiger partial charge in [0.2, 0.25) is 0 Å². The van der Waals surface area contributed by atoms with Crippen LogP contribution in [-0.2, 0) is 0 Å². The fourth-order valence-corrected chi connectivity index (χ4v) is 10.5. The van der Waals surface area contributed by atoms with E-state index in [4.69, 9.17) is 4.42 Å². The summed E-state index contributed by atoms with van der Waals surface area (Å²) in [6.07, 6.45) is 0. The Morgan fingerprint density at radius 2 is 0.759 bits per heavy atom. The van der Waals surface area contributed by atoms with Gasteiger partial charge in [0.15, 0.2) is 0 Å². The quantitative estimate of drug-likeness (QED) is 0.175. The minimum Gasteiger partial charge on any atom is -0.456 e. The highest BCUT2D eigenvalue weighted by Crippen LogP contribution is 2.41. The lowest BCUT2D eigenvalue weighted by Gasteiger charge is -2.13. The van der Waals surface area contributed by atoms with Crippen molar-refractivity contribution in [3.8, 4) is 33.6 Å². The van der Waals surface area contributed by atoms with E-state index in [1.807, 2.05) is 23.5 Å². The van der Waals surface area contributed by atoms with Crippen LogP contribution in [0, 0.1) is 0 Å². The van der Waals surface area contributed by atoms with Crippen molar-refractivity contribution in [2.45, 2.75) is 0 Å². The number of para-hydroxylation sites is 3. The van der Waals surface area contributed by atoms with Crippen molar-refractivity contribution in [3.63, 3.8) is 0 Å². The fourth-order valence-electron chi connectivity index (χ4n) is 9.44. The van der Waals surface area contributed by atoms with E-state index in [-0.39, 0.29) is 0 Å². The van der Waals surface area contributed by atoms with Gasteiger partial charge in [-0.05, 0) is 113 Å². The summed E-state index contributed by atoms with van der Waals surface area (Å²) in [6.45, 7) is 0. The van der Waals surface area contributed by atoms with E-state index in [0.717, 1.165) is 33.3 Å². The van der Waals surface area contributed by atoms with E-state index in [1.165, 1.54) is 86.0 Å². The third kappa shape index (κ3) is 4.61. The number of furan rings is 1. The molecular formula is C54H32N2OS. The number of fused-ring (bicyclic) bond motifs is 12. The number of rotatable bonds is 4. The van der Waals surface area contributed by atoms with Gasteiger partial charge in [0.1, 0.15) is 11.2 Å². The number of hydrogen-bond acceptors (Lipinski definition) is 2. The largest absolute Gasteiger partial charge is 0.456 e. The summed E-state index contributed by atoms with van der Waals surface area (Å²) in [7, 11) is 0. The smallest absolute Gasteiger partial charge is 0.135 e. The second-order valence-corrected chi connectivity index (χ2v) is 16.4. The third-order valence-electron chi connectivity index (χ3n) is 12.1. The molecule has 270 valence electrons. The van der Waals surface area contributed by atoms with Crippen molar-refractivity contribution in [1.29, 1.82) is 0 Å². The Morgan fingerprint density at radius 1 is 0.293 bits per heavy atom. The SMILES string of the molecule is c1cc(-n2c3ccccc3c3cc(-c4ccc5oc6ccccc6c5c4)ccc32)cc(-n2c3ccccc3c3cc(-c4ccc5sc6ccccc6c5c4)ccc32)c1. The lowest BCUT2D eigenvalue weighted by Crippen LogP contribution is -1.98. The first-order valence-electron chi connectivity index (χ1n) is 19.7. The van der Waals surface area contributed by atoms with Crippen LogP contribution in [0.5, 0.6) is 0 Å². The van der Waals surface area contributed by atoms with Crippen LogP contribution < -0.4 is 0 Å². The molecule has 4 heterocycles. The number of aromatic nitrogens is 2. The van der Waals surface area contributed by atoms with Crippen LogP contribution in [0.15, 0.2) is 199 Å². The lowest BCUT2D eigenvalue weighted by atomic mass is 10.0. The molecule has 0 radical (unpaired) electrons. The van der Waals surface area contributed by atoms with Gasteiger partial charge >= 0.3 is 0 Å². The molecule has 0 aliphatic carbocycles.